The van der Waals surface area contributed by atoms with Crippen LogP contribution in [0.4, 0.5) is 11.4 Å². The van der Waals surface area contributed by atoms with Crippen molar-refractivity contribution in [2.45, 2.75) is 6.92 Å². The molecule has 0 atom stereocenters. The molecular weight excluding hydrogens is 170 g/mol. The van der Waals surface area contributed by atoms with E-state index in [0.29, 0.717) is 12.3 Å². The van der Waals surface area contributed by atoms with Crippen molar-refractivity contribution >= 4 is 17.3 Å². The van der Waals surface area contributed by atoms with Crippen molar-refractivity contribution in [3.8, 4) is 0 Å². The van der Waals surface area contributed by atoms with E-state index < -0.39 is 5.97 Å². The van der Waals surface area contributed by atoms with Crippen LogP contribution in [0.15, 0.2) is 12.3 Å². The van der Waals surface area contributed by atoms with E-state index in [-0.39, 0.29) is 11.4 Å². The quantitative estimate of drug-likeness (QED) is 0.645. The summed E-state index contributed by atoms with van der Waals surface area (Å²) in [6.45, 7) is 2.01. The summed E-state index contributed by atoms with van der Waals surface area (Å²) in [6.07, 6.45) is 1.36. The van der Waals surface area contributed by atoms with E-state index in [0.717, 1.165) is 0 Å². The van der Waals surface area contributed by atoms with E-state index >= 15 is 0 Å². The zero-order chi connectivity index (χ0) is 9.84. The first kappa shape index (κ1) is 9.31. The minimum atomic E-state index is -0.528. The minimum Gasteiger partial charge on any atom is -0.461 e. The van der Waals surface area contributed by atoms with Crippen LogP contribution in [-0.2, 0) is 4.74 Å². The van der Waals surface area contributed by atoms with Crippen molar-refractivity contribution in [2.75, 3.05) is 18.1 Å². The number of rotatable bonds is 2. The first-order valence-corrected chi connectivity index (χ1v) is 3.83. The van der Waals surface area contributed by atoms with Gasteiger partial charge in [-0.3, -0.25) is 0 Å². The fourth-order valence-corrected chi connectivity index (χ4v) is 0.869. The van der Waals surface area contributed by atoms with Crippen LogP contribution in [0.25, 0.3) is 0 Å². The summed E-state index contributed by atoms with van der Waals surface area (Å²) in [5, 5.41) is 0. The summed E-state index contributed by atoms with van der Waals surface area (Å²) < 4.78 is 4.73. The van der Waals surface area contributed by atoms with Crippen LogP contribution in [-0.4, -0.2) is 17.6 Å². The van der Waals surface area contributed by atoms with Gasteiger partial charge in [-0.2, -0.15) is 0 Å². The van der Waals surface area contributed by atoms with Crippen LogP contribution in [0.3, 0.4) is 0 Å². The number of pyridine rings is 1. The Morgan fingerprint density at radius 2 is 2.31 bits per heavy atom. The number of esters is 1. The van der Waals surface area contributed by atoms with Crippen molar-refractivity contribution < 1.29 is 9.53 Å². The van der Waals surface area contributed by atoms with Gasteiger partial charge in [-0.1, -0.05) is 0 Å². The standard InChI is InChI=1S/C8H11N3O2/c1-2-13-8(12)7-6(10)3-5(9)4-11-7/h3-4H,2,9-10H2,1H3. The van der Waals surface area contributed by atoms with Crippen LogP contribution in [0, 0.1) is 0 Å². The van der Waals surface area contributed by atoms with E-state index in [1.54, 1.807) is 6.92 Å². The average Bonchev–Trinajstić information content (AvgIpc) is 2.04. The Labute approximate surface area is 75.7 Å². The Kier molecular flexibility index (Phi) is 2.69. The highest BCUT2D eigenvalue weighted by Crippen LogP contribution is 2.12. The molecule has 5 nitrogen and oxygen atoms in total. The molecule has 0 fully saturated rings. The van der Waals surface area contributed by atoms with E-state index in [1.807, 2.05) is 0 Å². The van der Waals surface area contributed by atoms with Gasteiger partial charge in [-0.05, 0) is 13.0 Å². The zero-order valence-electron chi connectivity index (χ0n) is 7.28. The Morgan fingerprint density at radius 3 is 2.85 bits per heavy atom. The lowest BCUT2D eigenvalue weighted by atomic mass is 10.3. The number of nitrogen functional groups attached to an aromatic ring is 2. The maximum atomic E-state index is 11.2. The lowest BCUT2D eigenvalue weighted by Crippen LogP contribution is -2.10. The van der Waals surface area contributed by atoms with Gasteiger partial charge in [-0.25, -0.2) is 9.78 Å². The average molecular weight is 181 g/mol. The highest BCUT2D eigenvalue weighted by atomic mass is 16.5. The number of hydrogen-bond donors (Lipinski definition) is 2. The van der Waals surface area contributed by atoms with Gasteiger partial charge in [0.05, 0.1) is 24.2 Å². The highest BCUT2D eigenvalue weighted by molar-refractivity contribution is 5.93. The number of nitrogens with zero attached hydrogens (tertiary/aromatic N) is 1. The van der Waals surface area contributed by atoms with Crippen LogP contribution in [0.1, 0.15) is 17.4 Å². The fraction of sp³-hybridized carbons (Fsp3) is 0.250. The number of nitrogens with two attached hydrogens (primary N) is 2. The van der Waals surface area contributed by atoms with Gasteiger partial charge in [0, 0.05) is 0 Å². The Balaban J connectivity index is 2.95. The molecule has 4 N–H and O–H groups in total. The smallest absolute Gasteiger partial charge is 0.359 e. The van der Waals surface area contributed by atoms with Gasteiger partial charge in [0.1, 0.15) is 0 Å². The molecular formula is C8H11N3O2. The van der Waals surface area contributed by atoms with Crippen LogP contribution < -0.4 is 11.5 Å². The second-order valence-electron chi connectivity index (χ2n) is 2.43. The number of aromatic nitrogens is 1. The molecule has 0 saturated carbocycles. The molecule has 1 aromatic heterocycles. The second-order valence-corrected chi connectivity index (χ2v) is 2.43. The van der Waals surface area contributed by atoms with E-state index in [4.69, 9.17) is 16.2 Å². The molecule has 0 amide bonds. The molecule has 0 aliphatic heterocycles. The van der Waals surface area contributed by atoms with Crippen molar-refractivity contribution in [3.05, 3.63) is 18.0 Å². The van der Waals surface area contributed by atoms with Gasteiger partial charge >= 0.3 is 5.97 Å². The summed E-state index contributed by atoms with van der Waals surface area (Å²) in [5.41, 5.74) is 11.7. The molecule has 5 heteroatoms. The van der Waals surface area contributed by atoms with Crippen molar-refractivity contribution in [1.29, 1.82) is 0 Å². The van der Waals surface area contributed by atoms with Gasteiger partial charge in [0.25, 0.3) is 0 Å². The molecule has 0 spiro atoms. The normalized spacial score (nSPS) is 9.62. The zero-order valence-corrected chi connectivity index (χ0v) is 7.28. The predicted octanol–water partition coefficient (Wildman–Crippen LogP) is 0.423. The van der Waals surface area contributed by atoms with Crippen molar-refractivity contribution in [2.24, 2.45) is 0 Å². The Bertz CT molecular complexity index is 325. The summed E-state index contributed by atoms with van der Waals surface area (Å²) in [6, 6.07) is 1.47. The molecule has 13 heavy (non-hydrogen) atoms. The van der Waals surface area contributed by atoms with Crippen LogP contribution in [0.2, 0.25) is 0 Å². The van der Waals surface area contributed by atoms with E-state index in [2.05, 4.69) is 4.98 Å². The number of hydrogen-bond acceptors (Lipinski definition) is 5. The molecule has 0 aliphatic carbocycles. The summed E-state index contributed by atoms with van der Waals surface area (Å²) in [4.78, 5) is 14.9. The lowest BCUT2D eigenvalue weighted by Gasteiger charge is -2.03. The summed E-state index contributed by atoms with van der Waals surface area (Å²) in [7, 11) is 0. The molecule has 0 unspecified atom stereocenters. The molecule has 70 valence electrons. The van der Waals surface area contributed by atoms with Gasteiger partial charge < -0.3 is 16.2 Å². The topological polar surface area (TPSA) is 91.2 Å². The molecule has 0 radical (unpaired) electrons. The molecule has 1 heterocycles. The molecule has 1 aromatic rings. The van der Waals surface area contributed by atoms with E-state index in [9.17, 15) is 4.79 Å². The van der Waals surface area contributed by atoms with Crippen molar-refractivity contribution in [3.63, 3.8) is 0 Å². The molecule has 0 aromatic carbocycles. The maximum Gasteiger partial charge on any atom is 0.359 e. The first-order chi connectivity index (χ1) is 6.15. The monoisotopic (exact) mass is 181 g/mol. The third-order valence-corrected chi connectivity index (χ3v) is 1.41. The molecule has 0 bridgehead atoms. The third kappa shape index (κ3) is 2.08. The first-order valence-electron chi connectivity index (χ1n) is 3.83. The third-order valence-electron chi connectivity index (χ3n) is 1.41. The van der Waals surface area contributed by atoms with Gasteiger partial charge in [0.15, 0.2) is 5.69 Å². The van der Waals surface area contributed by atoms with Gasteiger partial charge in [-0.15, -0.1) is 0 Å². The van der Waals surface area contributed by atoms with Gasteiger partial charge in [0.2, 0.25) is 0 Å². The summed E-state index contributed by atoms with van der Waals surface area (Å²) in [5.74, 6) is -0.528. The molecule has 1 rings (SSSR count). The maximum absolute atomic E-state index is 11.2. The molecule has 0 saturated heterocycles. The number of carbonyl (C=O) groups excluding carboxylic acids is 1. The molecule has 0 aliphatic rings. The highest BCUT2D eigenvalue weighted by Gasteiger charge is 2.11. The SMILES string of the molecule is CCOC(=O)c1ncc(N)cc1N. The van der Waals surface area contributed by atoms with Crippen LogP contribution in [0.5, 0.6) is 0 Å². The van der Waals surface area contributed by atoms with Crippen LogP contribution >= 0.6 is 0 Å². The second kappa shape index (κ2) is 3.75. The Hall–Kier alpha value is -1.78. The lowest BCUT2D eigenvalue weighted by molar-refractivity contribution is 0.0521. The Morgan fingerprint density at radius 1 is 1.62 bits per heavy atom. The number of carbonyl (C=O) groups is 1. The summed E-state index contributed by atoms with van der Waals surface area (Å²) >= 11 is 0. The number of ether oxygens (including phenoxy) is 1. The largest absolute Gasteiger partial charge is 0.461 e. The predicted molar refractivity (Wildman–Crippen MR) is 49.0 cm³/mol. The fourth-order valence-electron chi connectivity index (χ4n) is 0.869. The number of anilines is 2. The minimum absolute atomic E-state index is 0.107. The van der Waals surface area contributed by atoms with Crippen molar-refractivity contribution in [1.82, 2.24) is 4.98 Å². The van der Waals surface area contributed by atoms with E-state index in [1.165, 1.54) is 12.3 Å².